The van der Waals surface area contributed by atoms with Crippen LogP contribution in [0.3, 0.4) is 0 Å². The van der Waals surface area contributed by atoms with Crippen LogP contribution in [0.25, 0.3) is 0 Å². The Balaban J connectivity index is 1.92. The number of nitrogens with zero attached hydrogens (tertiary/aromatic N) is 3. The maximum atomic E-state index is 11.8. The molecule has 1 fully saturated rings. The van der Waals surface area contributed by atoms with Gasteiger partial charge in [-0.15, -0.1) is 5.10 Å². The lowest BCUT2D eigenvalue weighted by molar-refractivity contribution is -0.123. The second kappa shape index (κ2) is 4.40. The summed E-state index contributed by atoms with van der Waals surface area (Å²) in [5.74, 6) is -0.805. The average molecular weight is 252 g/mol. The summed E-state index contributed by atoms with van der Waals surface area (Å²) in [6.45, 7) is 3.97. The summed E-state index contributed by atoms with van der Waals surface area (Å²) in [5, 5.41) is 18.7. The molecule has 0 spiro atoms. The molecule has 7 heteroatoms. The van der Waals surface area contributed by atoms with E-state index in [1.54, 1.807) is 0 Å². The van der Waals surface area contributed by atoms with E-state index in [1.807, 2.05) is 13.8 Å². The molecule has 98 valence electrons. The van der Waals surface area contributed by atoms with Gasteiger partial charge in [-0.05, 0) is 32.6 Å². The highest BCUT2D eigenvalue weighted by atomic mass is 16.4. The van der Waals surface area contributed by atoms with E-state index in [-0.39, 0.29) is 23.7 Å². The summed E-state index contributed by atoms with van der Waals surface area (Å²) in [4.78, 5) is 22.4. The van der Waals surface area contributed by atoms with Crippen molar-refractivity contribution < 1.29 is 14.7 Å². The second-order valence-electron chi connectivity index (χ2n) is 5.15. The maximum absolute atomic E-state index is 11.8. The second-order valence-corrected chi connectivity index (χ2v) is 5.15. The van der Waals surface area contributed by atoms with Crippen molar-refractivity contribution in [2.75, 3.05) is 0 Å². The molecule has 0 saturated heterocycles. The average Bonchev–Trinajstić information content (AvgIpc) is 3.00. The van der Waals surface area contributed by atoms with Crippen LogP contribution in [0.2, 0.25) is 0 Å². The van der Waals surface area contributed by atoms with Crippen LogP contribution in [0.1, 0.15) is 37.2 Å². The molecule has 0 atom stereocenters. The molecule has 0 aliphatic heterocycles. The smallest absolute Gasteiger partial charge is 0.358 e. The zero-order valence-electron chi connectivity index (χ0n) is 10.4. The standard InChI is InChI=1S/C11H16N4O3/c1-11(2,7-3-4-7)12-9(16)6-15-5-8(10(17)18)13-14-15/h5,7H,3-4,6H2,1-2H3,(H,12,16)(H,17,18). The van der Waals surface area contributed by atoms with Crippen molar-refractivity contribution in [3.8, 4) is 0 Å². The molecule has 1 aromatic heterocycles. The lowest BCUT2D eigenvalue weighted by atomic mass is 9.99. The van der Waals surface area contributed by atoms with Gasteiger partial charge in [0.25, 0.3) is 0 Å². The molecule has 0 radical (unpaired) electrons. The summed E-state index contributed by atoms with van der Waals surface area (Å²) in [6, 6.07) is 0. The minimum Gasteiger partial charge on any atom is -0.476 e. The van der Waals surface area contributed by atoms with Crippen molar-refractivity contribution in [2.45, 2.75) is 38.8 Å². The molecule has 1 aliphatic carbocycles. The quantitative estimate of drug-likeness (QED) is 0.784. The van der Waals surface area contributed by atoms with Crippen molar-refractivity contribution in [2.24, 2.45) is 5.92 Å². The van der Waals surface area contributed by atoms with Crippen LogP contribution in [-0.2, 0) is 11.3 Å². The highest BCUT2D eigenvalue weighted by molar-refractivity contribution is 5.84. The number of hydrogen-bond donors (Lipinski definition) is 2. The minimum absolute atomic E-state index is 0.0174. The van der Waals surface area contributed by atoms with Crippen LogP contribution < -0.4 is 5.32 Å². The lowest BCUT2D eigenvalue weighted by Crippen LogP contribution is -2.46. The molecule has 18 heavy (non-hydrogen) atoms. The van der Waals surface area contributed by atoms with Crippen LogP contribution in [0, 0.1) is 5.92 Å². The summed E-state index contributed by atoms with van der Waals surface area (Å²) in [7, 11) is 0. The Morgan fingerprint density at radius 1 is 1.56 bits per heavy atom. The molecule has 0 aromatic carbocycles. The van der Waals surface area contributed by atoms with Gasteiger partial charge in [-0.1, -0.05) is 5.21 Å². The van der Waals surface area contributed by atoms with Gasteiger partial charge in [0.1, 0.15) is 6.54 Å². The van der Waals surface area contributed by atoms with Gasteiger partial charge < -0.3 is 10.4 Å². The van der Waals surface area contributed by atoms with E-state index in [1.165, 1.54) is 10.9 Å². The molecule has 1 aliphatic rings. The zero-order valence-corrected chi connectivity index (χ0v) is 10.4. The van der Waals surface area contributed by atoms with E-state index >= 15 is 0 Å². The van der Waals surface area contributed by atoms with Crippen LogP contribution in [0.4, 0.5) is 0 Å². The third-order valence-corrected chi connectivity index (χ3v) is 3.12. The SMILES string of the molecule is CC(C)(NC(=O)Cn1cc(C(=O)O)nn1)C1CC1. The Morgan fingerprint density at radius 3 is 2.72 bits per heavy atom. The number of amides is 1. The molecule has 0 bridgehead atoms. The van der Waals surface area contributed by atoms with E-state index < -0.39 is 5.97 Å². The predicted molar refractivity (Wildman–Crippen MR) is 61.9 cm³/mol. The Labute approximate surface area is 104 Å². The number of carboxylic acids is 1. The Morgan fingerprint density at radius 2 is 2.22 bits per heavy atom. The van der Waals surface area contributed by atoms with Gasteiger partial charge in [0, 0.05) is 5.54 Å². The number of carbonyl (C=O) groups excluding carboxylic acids is 1. The first-order chi connectivity index (χ1) is 8.38. The Kier molecular flexibility index (Phi) is 3.06. The number of hydrogen-bond acceptors (Lipinski definition) is 4. The van der Waals surface area contributed by atoms with E-state index in [0.717, 1.165) is 12.8 Å². The van der Waals surface area contributed by atoms with E-state index in [9.17, 15) is 9.59 Å². The highest BCUT2D eigenvalue weighted by Gasteiger charge is 2.38. The number of rotatable bonds is 5. The maximum Gasteiger partial charge on any atom is 0.358 e. The van der Waals surface area contributed by atoms with Gasteiger partial charge in [0.2, 0.25) is 5.91 Å². The molecule has 7 nitrogen and oxygen atoms in total. The van der Waals surface area contributed by atoms with Gasteiger partial charge >= 0.3 is 5.97 Å². The first-order valence-electron chi connectivity index (χ1n) is 5.83. The Bertz CT molecular complexity index is 476. The van der Waals surface area contributed by atoms with Gasteiger partial charge in [-0.25, -0.2) is 9.48 Å². The van der Waals surface area contributed by atoms with Crippen LogP contribution in [-0.4, -0.2) is 37.5 Å². The van der Waals surface area contributed by atoms with Crippen molar-refractivity contribution >= 4 is 11.9 Å². The van der Waals surface area contributed by atoms with Crippen molar-refractivity contribution in [3.05, 3.63) is 11.9 Å². The van der Waals surface area contributed by atoms with E-state index in [2.05, 4.69) is 15.6 Å². The zero-order chi connectivity index (χ0) is 13.3. The topological polar surface area (TPSA) is 97.1 Å². The van der Waals surface area contributed by atoms with E-state index in [4.69, 9.17) is 5.11 Å². The summed E-state index contributed by atoms with van der Waals surface area (Å²) >= 11 is 0. The fraction of sp³-hybridized carbons (Fsp3) is 0.636. The lowest BCUT2D eigenvalue weighted by Gasteiger charge is -2.26. The fourth-order valence-electron chi connectivity index (χ4n) is 1.93. The van der Waals surface area contributed by atoms with Crippen molar-refractivity contribution in [3.63, 3.8) is 0 Å². The molecule has 1 saturated carbocycles. The molecule has 2 N–H and O–H groups in total. The molecular formula is C11H16N4O3. The van der Waals surface area contributed by atoms with Gasteiger partial charge in [0.15, 0.2) is 5.69 Å². The largest absolute Gasteiger partial charge is 0.476 e. The number of carboxylic acid groups (broad SMARTS) is 1. The Hall–Kier alpha value is -1.92. The predicted octanol–water partition coefficient (Wildman–Crippen LogP) is 0.281. The third kappa shape index (κ3) is 2.85. The summed E-state index contributed by atoms with van der Waals surface area (Å²) < 4.78 is 1.22. The highest BCUT2D eigenvalue weighted by Crippen LogP contribution is 2.39. The first kappa shape index (κ1) is 12.5. The van der Waals surface area contributed by atoms with Crippen LogP contribution in [0.15, 0.2) is 6.20 Å². The molecule has 1 heterocycles. The monoisotopic (exact) mass is 252 g/mol. The van der Waals surface area contributed by atoms with Crippen molar-refractivity contribution in [1.82, 2.24) is 20.3 Å². The molecule has 1 aromatic rings. The van der Waals surface area contributed by atoms with Gasteiger partial charge in [-0.2, -0.15) is 0 Å². The number of carbonyl (C=O) groups is 2. The van der Waals surface area contributed by atoms with Gasteiger partial charge in [0.05, 0.1) is 6.20 Å². The number of aromatic nitrogens is 3. The van der Waals surface area contributed by atoms with E-state index in [0.29, 0.717) is 5.92 Å². The molecule has 1 amide bonds. The molecular weight excluding hydrogens is 236 g/mol. The molecule has 2 rings (SSSR count). The van der Waals surface area contributed by atoms with Crippen LogP contribution >= 0.6 is 0 Å². The number of aromatic carboxylic acids is 1. The summed E-state index contributed by atoms with van der Waals surface area (Å²) in [5.41, 5.74) is -0.378. The van der Waals surface area contributed by atoms with Gasteiger partial charge in [-0.3, -0.25) is 4.79 Å². The molecule has 0 unspecified atom stereocenters. The van der Waals surface area contributed by atoms with Crippen LogP contribution in [0.5, 0.6) is 0 Å². The van der Waals surface area contributed by atoms with Crippen molar-refractivity contribution in [1.29, 1.82) is 0 Å². The minimum atomic E-state index is -1.15. The fourth-order valence-corrected chi connectivity index (χ4v) is 1.93. The normalized spacial score (nSPS) is 15.4. The first-order valence-corrected chi connectivity index (χ1v) is 5.83. The summed E-state index contributed by atoms with van der Waals surface area (Å²) in [6.07, 6.45) is 3.52. The number of nitrogens with one attached hydrogen (secondary N) is 1. The third-order valence-electron chi connectivity index (χ3n) is 3.12.